The van der Waals surface area contributed by atoms with Gasteiger partial charge >= 0.3 is 0 Å². The molecule has 0 aliphatic carbocycles. The lowest BCUT2D eigenvalue weighted by molar-refractivity contribution is -0.150. The number of carbonyl (C=O) groups excluding carboxylic acids is 2. The lowest BCUT2D eigenvalue weighted by Gasteiger charge is -2.32. The maximum atomic E-state index is 14.4. The highest BCUT2D eigenvalue weighted by Gasteiger charge is 2.66. The van der Waals surface area contributed by atoms with E-state index in [4.69, 9.17) is 4.74 Å². The van der Waals surface area contributed by atoms with E-state index in [-0.39, 0.29) is 42.3 Å². The van der Waals surface area contributed by atoms with E-state index in [1.165, 1.54) is 0 Å². The van der Waals surface area contributed by atoms with Crippen LogP contribution in [-0.2, 0) is 26.5 Å². The molecule has 3 aliphatic heterocycles. The van der Waals surface area contributed by atoms with E-state index in [1.807, 2.05) is 68.5 Å². The monoisotopic (exact) mass is 634 g/mol. The van der Waals surface area contributed by atoms with Crippen molar-refractivity contribution in [3.05, 3.63) is 63.2 Å². The Kier molecular flexibility index (Phi) is 7.29. The van der Waals surface area contributed by atoms with Crippen LogP contribution in [0.3, 0.4) is 0 Å². The molecule has 2 aromatic carbocycles. The number of hydrogen-bond acceptors (Lipinski definition) is 5. The molecule has 2 saturated heterocycles. The molecule has 7 nitrogen and oxygen atoms in total. The third-order valence-electron chi connectivity index (χ3n) is 8.41. The highest BCUT2D eigenvalue weighted by atomic mass is 127. The molecule has 3 heterocycles. The number of amides is 2. The molecule has 3 aliphatic rings. The predicted octanol–water partition coefficient (Wildman–Crippen LogP) is 4.01. The Morgan fingerprint density at radius 1 is 1.22 bits per heavy atom. The zero-order valence-corrected chi connectivity index (χ0v) is 24.7. The van der Waals surface area contributed by atoms with Gasteiger partial charge in [0.1, 0.15) is 0 Å². The number of aliphatic hydroxyl groups excluding tert-OH is 1. The van der Waals surface area contributed by atoms with Crippen LogP contribution in [0.4, 0.5) is 5.69 Å². The fourth-order valence-electron chi connectivity index (χ4n) is 6.82. The highest BCUT2D eigenvalue weighted by molar-refractivity contribution is 14.1. The number of rotatable bonds is 6. The lowest BCUT2D eigenvalue weighted by atomic mass is 9.82. The van der Waals surface area contributed by atoms with Crippen LogP contribution >= 0.6 is 22.6 Å². The maximum absolute atomic E-state index is 14.4. The highest BCUT2D eigenvalue weighted by Crippen LogP contribution is 2.60. The molecule has 0 unspecified atom stereocenters. The Bertz CT molecular complexity index is 1190. The first-order valence-corrected chi connectivity index (χ1v) is 17.1. The van der Waals surface area contributed by atoms with Crippen molar-refractivity contribution in [3.8, 4) is 0 Å². The molecule has 0 bridgehead atoms. The van der Waals surface area contributed by atoms with Crippen LogP contribution in [0.5, 0.6) is 0 Å². The normalized spacial score (nSPS) is 29.4. The summed E-state index contributed by atoms with van der Waals surface area (Å²) < 4.78 is 7.79. The Labute approximate surface area is 233 Å². The summed E-state index contributed by atoms with van der Waals surface area (Å²) in [7, 11) is -2.85. The summed E-state index contributed by atoms with van der Waals surface area (Å²) in [5.41, 5.74) is 1.10. The van der Waals surface area contributed by atoms with Crippen molar-refractivity contribution in [2.24, 2.45) is 5.92 Å². The second-order valence-electron chi connectivity index (χ2n) is 11.2. The molecule has 37 heavy (non-hydrogen) atoms. The van der Waals surface area contributed by atoms with Crippen molar-refractivity contribution >= 4 is 48.4 Å². The Morgan fingerprint density at radius 2 is 1.95 bits per heavy atom. The van der Waals surface area contributed by atoms with Gasteiger partial charge in [0.25, 0.3) is 5.91 Å². The van der Waals surface area contributed by atoms with E-state index in [1.54, 1.807) is 9.80 Å². The van der Waals surface area contributed by atoms with Gasteiger partial charge in [-0.25, -0.2) is 0 Å². The molecule has 2 aromatic rings. The van der Waals surface area contributed by atoms with Crippen LogP contribution in [0.1, 0.15) is 37.3 Å². The number of aliphatic hydroxyl groups is 1. The summed E-state index contributed by atoms with van der Waals surface area (Å²) >= 11 is 2.26. The SMILES string of the molecule is C[C@H]1[C@H]([Si](C)(C)O)[C@@H](CC(=O)N2CCC[C@H]2CO)O[C@]12C(=O)N(Cc1ccccc1)c1ccc(I)cc12. The van der Waals surface area contributed by atoms with Crippen LogP contribution in [0.2, 0.25) is 18.6 Å². The van der Waals surface area contributed by atoms with Gasteiger partial charge in [-0.05, 0) is 72.3 Å². The third-order valence-corrected chi connectivity index (χ3v) is 11.6. The van der Waals surface area contributed by atoms with Gasteiger partial charge in [0.05, 0.1) is 37.4 Å². The first kappa shape index (κ1) is 26.8. The van der Waals surface area contributed by atoms with Gasteiger partial charge in [0.2, 0.25) is 5.91 Å². The number of halogens is 1. The number of hydrogen-bond donors (Lipinski definition) is 2. The summed E-state index contributed by atoms with van der Waals surface area (Å²) in [5, 5.41) is 9.75. The number of fused-ring (bicyclic) bond motifs is 2. The van der Waals surface area contributed by atoms with Crippen molar-refractivity contribution in [1.29, 1.82) is 0 Å². The van der Waals surface area contributed by atoms with Gasteiger partial charge in [-0.1, -0.05) is 37.3 Å². The van der Waals surface area contributed by atoms with Gasteiger partial charge in [-0.3, -0.25) is 9.59 Å². The minimum Gasteiger partial charge on any atom is -0.432 e. The molecule has 0 saturated carbocycles. The Morgan fingerprint density at radius 3 is 2.62 bits per heavy atom. The van der Waals surface area contributed by atoms with Crippen molar-refractivity contribution in [2.45, 2.75) is 69.1 Å². The van der Waals surface area contributed by atoms with E-state index in [0.717, 1.165) is 33.2 Å². The van der Waals surface area contributed by atoms with E-state index in [0.29, 0.717) is 13.1 Å². The zero-order chi connectivity index (χ0) is 26.5. The van der Waals surface area contributed by atoms with Crippen LogP contribution < -0.4 is 4.90 Å². The van der Waals surface area contributed by atoms with E-state index in [9.17, 15) is 19.5 Å². The third kappa shape index (κ3) is 4.56. The maximum Gasteiger partial charge on any atom is 0.264 e. The average Bonchev–Trinajstić information content (AvgIpc) is 3.50. The minimum atomic E-state index is -2.85. The van der Waals surface area contributed by atoms with Crippen molar-refractivity contribution in [3.63, 3.8) is 0 Å². The topological polar surface area (TPSA) is 90.3 Å². The Hall–Kier alpha value is -1.79. The second-order valence-corrected chi connectivity index (χ2v) is 16.4. The van der Waals surface area contributed by atoms with Crippen molar-refractivity contribution < 1.29 is 24.2 Å². The van der Waals surface area contributed by atoms with Crippen molar-refractivity contribution in [2.75, 3.05) is 18.1 Å². The van der Waals surface area contributed by atoms with Crippen LogP contribution in [0.25, 0.3) is 0 Å². The molecular weight excluding hydrogens is 599 g/mol. The second kappa shape index (κ2) is 10.1. The number of ether oxygens (including phenoxy) is 1. The van der Waals surface area contributed by atoms with E-state index >= 15 is 0 Å². The number of likely N-dealkylation sites (tertiary alicyclic amines) is 1. The molecule has 5 rings (SSSR count). The summed E-state index contributed by atoms with van der Waals surface area (Å²) in [4.78, 5) is 42.8. The zero-order valence-electron chi connectivity index (χ0n) is 21.6. The van der Waals surface area contributed by atoms with Gasteiger partial charge in [-0.15, -0.1) is 0 Å². The molecule has 198 valence electrons. The molecule has 2 amide bonds. The van der Waals surface area contributed by atoms with E-state index < -0.39 is 20.0 Å². The molecule has 5 atom stereocenters. The first-order valence-electron chi connectivity index (χ1n) is 13.0. The Balaban J connectivity index is 1.54. The molecular formula is C28H35IN2O5Si. The largest absolute Gasteiger partial charge is 0.432 e. The molecule has 2 N–H and O–H groups in total. The molecule has 0 aromatic heterocycles. The van der Waals surface area contributed by atoms with Gasteiger partial charge < -0.3 is 24.4 Å². The average molecular weight is 635 g/mol. The lowest BCUT2D eigenvalue weighted by Crippen LogP contribution is -2.46. The fourth-order valence-corrected chi connectivity index (χ4v) is 9.86. The molecule has 1 spiro atoms. The summed E-state index contributed by atoms with van der Waals surface area (Å²) in [5.74, 6) is -0.522. The minimum absolute atomic E-state index is 0.0555. The standard InChI is InChI=1S/C28H35IN2O5Si/c1-18-26(37(2,3)35)24(15-25(33)30-13-7-10-21(30)17-32)36-28(18)22-14-20(29)11-12-23(22)31(27(28)34)16-19-8-5-4-6-9-19/h4-6,8-9,11-12,14,18,21,24,26,32,35H,7,10,13,15-17H2,1-3H3/t18-,21-,24+,26-,28+/m0/s1. The van der Waals surface area contributed by atoms with Crippen LogP contribution in [0, 0.1) is 9.49 Å². The number of nitrogens with zero attached hydrogens (tertiary/aromatic N) is 2. The summed E-state index contributed by atoms with van der Waals surface area (Å²) in [6.45, 7) is 6.73. The molecule has 9 heteroatoms. The quantitative estimate of drug-likeness (QED) is 0.371. The number of benzene rings is 2. The smallest absolute Gasteiger partial charge is 0.264 e. The van der Waals surface area contributed by atoms with Gasteiger partial charge in [0, 0.05) is 27.1 Å². The summed E-state index contributed by atoms with van der Waals surface area (Å²) in [6, 6.07) is 15.7. The molecule has 0 radical (unpaired) electrons. The number of carbonyl (C=O) groups is 2. The number of anilines is 1. The fraction of sp³-hybridized carbons (Fsp3) is 0.500. The molecule has 2 fully saturated rings. The van der Waals surface area contributed by atoms with Crippen LogP contribution in [0.15, 0.2) is 48.5 Å². The van der Waals surface area contributed by atoms with Gasteiger partial charge in [-0.2, -0.15) is 0 Å². The van der Waals surface area contributed by atoms with E-state index in [2.05, 4.69) is 22.6 Å². The predicted molar refractivity (Wildman–Crippen MR) is 152 cm³/mol. The summed E-state index contributed by atoms with van der Waals surface area (Å²) in [6.07, 6.45) is 1.16. The van der Waals surface area contributed by atoms with Gasteiger partial charge in [0.15, 0.2) is 13.9 Å². The van der Waals surface area contributed by atoms with Crippen molar-refractivity contribution in [1.82, 2.24) is 4.90 Å². The first-order chi connectivity index (χ1) is 17.6. The van der Waals surface area contributed by atoms with Crippen LogP contribution in [-0.4, -0.2) is 60.2 Å².